The molecule has 0 heterocycles. The van der Waals surface area contributed by atoms with Crippen molar-refractivity contribution in [1.82, 2.24) is 10.6 Å². The van der Waals surface area contributed by atoms with Gasteiger partial charge in [-0.2, -0.15) is 0 Å². The summed E-state index contributed by atoms with van der Waals surface area (Å²) in [6.07, 6.45) is 0.0174. The molecule has 0 spiro atoms. The molecule has 0 aromatic heterocycles. The van der Waals surface area contributed by atoms with E-state index >= 15 is 0 Å². The molecule has 2 rings (SSSR count). The van der Waals surface area contributed by atoms with E-state index in [4.69, 9.17) is 5.73 Å². The number of rotatable bonds is 7. The third-order valence-electron chi connectivity index (χ3n) is 3.68. The van der Waals surface area contributed by atoms with Crippen LogP contribution in [0.1, 0.15) is 18.1 Å². The van der Waals surface area contributed by atoms with Crippen molar-refractivity contribution < 1.29 is 14.4 Å². The zero-order chi connectivity index (χ0) is 18.9. The number of nitrogens with two attached hydrogens (primary N) is 1. The molecule has 7 nitrogen and oxygen atoms in total. The minimum absolute atomic E-state index is 0.0174. The molecule has 2 aromatic carbocycles. The van der Waals surface area contributed by atoms with Gasteiger partial charge < -0.3 is 21.7 Å². The molecule has 0 fully saturated rings. The number of nitrogens with one attached hydrogen (secondary N) is 3. The van der Waals surface area contributed by atoms with Crippen LogP contribution in [0, 0.1) is 0 Å². The maximum absolute atomic E-state index is 12.1. The smallest absolute Gasteiger partial charge is 0.319 e. The molecule has 0 saturated heterocycles. The molecule has 5 N–H and O–H groups in total. The highest BCUT2D eigenvalue weighted by atomic mass is 16.2. The van der Waals surface area contributed by atoms with Gasteiger partial charge in [-0.3, -0.25) is 9.59 Å². The van der Waals surface area contributed by atoms with Crippen molar-refractivity contribution in [2.24, 2.45) is 5.73 Å². The van der Waals surface area contributed by atoms with Crippen molar-refractivity contribution in [2.45, 2.75) is 25.9 Å². The Bertz CT molecular complexity index is 777. The molecule has 26 heavy (non-hydrogen) atoms. The summed E-state index contributed by atoms with van der Waals surface area (Å²) in [7, 11) is 0. The molecular weight excluding hydrogens is 332 g/mol. The largest absolute Gasteiger partial charge is 0.369 e. The van der Waals surface area contributed by atoms with Crippen molar-refractivity contribution in [1.29, 1.82) is 0 Å². The zero-order valence-electron chi connectivity index (χ0n) is 14.5. The first-order chi connectivity index (χ1) is 12.5. The molecule has 0 aliphatic rings. The second-order valence-electron chi connectivity index (χ2n) is 5.82. The van der Waals surface area contributed by atoms with Crippen LogP contribution in [0.5, 0.6) is 0 Å². The topological polar surface area (TPSA) is 113 Å². The number of carbonyl (C=O) groups is 3. The molecule has 1 unspecified atom stereocenters. The van der Waals surface area contributed by atoms with Crippen LogP contribution in [0.25, 0.3) is 0 Å². The van der Waals surface area contributed by atoms with Crippen molar-refractivity contribution in [3.05, 3.63) is 65.7 Å². The maximum atomic E-state index is 12.1. The Morgan fingerprint density at radius 3 is 2.35 bits per heavy atom. The molecule has 4 amide bonds. The average molecular weight is 354 g/mol. The minimum atomic E-state index is -0.720. The number of para-hydroxylation sites is 1. The average Bonchev–Trinajstić information content (AvgIpc) is 2.61. The van der Waals surface area contributed by atoms with E-state index in [2.05, 4.69) is 16.0 Å². The lowest BCUT2D eigenvalue weighted by atomic mass is 10.1. The quantitative estimate of drug-likeness (QED) is 0.605. The summed E-state index contributed by atoms with van der Waals surface area (Å²) >= 11 is 0. The molecule has 0 saturated carbocycles. The second kappa shape index (κ2) is 9.22. The highest BCUT2D eigenvalue weighted by molar-refractivity contribution is 5.94. The summed E-state index contributed by atoms with van der Waals surface area (Å²) in [5.41, 5.74) is 7.26. The van der Waals surface area contributed by atoms with E-state index in [1.54, 1.807) is 31.2 Å². The number of urea groups is 1. The zero-order valence-corrected chi connectivity index (χ0v) is 14.5. The molecule has 136 valence electrons. The van der Waals surface area contributed by atoms with E-state index in [0.29, 0.717) is 17.8 Å². The number of benzene rings is 2. The molecular formula is C19H22N4O3. The van der Waals surface area contributed by atoms with Crippen LogP contribution in [-0.4, -0.2) is 23.9 Å². The number of amides is 4. The summed E-state index contributed by atoms with van der Waals surface area (Å²) in [4.78, 5) is 35.3. The standard InChI is InChI=1S/C19H22N4O3/c1-13(18(25)21-12-14-7-3-2-4-8-14)22-19(26)23-16-10-6-5-9-15(16)11-17(20)24/h2-10,13H,11-12H2,1H3,(H2,20,24)(H,21,25)(H2,22,23,26). The second-order valence-corrected chi connectivity index (χ2v) is 5.82. The lowest BCUT2D eigenvalue weighted by molar-refractivity contribution is -0.122. The van der Waals surface area contributed by atoms with Gasteiger partial charge in [0.1, 0.15) is 6.04 Å². The van der Waals surface area contributed by atoms with E-state index < -0.39 is 18.0 Å². The first kappa shape index (κ1) is 19.0. The van der Waals surface area contributed by atoms with Crippen LogP contribution in [0.4, 0.5) is 10.5 Å². The Morgan fingerprint density at radius 2 is 1.65 bits per heavy atom. The van der Waals surface area contributed by atoms with Crippen molar-refractivity contribution in [3.8, 4) is 0 Å². The number of hydrogen-bond donors (Lipinski definition) is 4. The van der Waals surface area contributed by atoms with E-state index in [-0.39, 0.29) is 12.3 Å². The van der Waals surface area contributed by atoms with Crippen molar-refractivity contribution in [2.75, 3.05) is 5.32 Å². The van der Waals surface area contributed by atoms with Crippen LogP contribution >= 0.6 is 0 Å². The number of anilines is 1. The van der Waals surface area contributed by atoms with Crippen LogP contribution in [0.3, 0.4) is 0 Å². The monoisotopic (exact) mass is 354 g/mol. The predicted molar refractivity (Wildman–Crippen MR) is 99.2 cm³/mol. The molecule has 2 aromatic rings. The highest BCUT2D eigenvalue weighted by Gasteiger charge is 2.16. The van der Waals surface area contributed by atoms with Crippen molar-refractivity contribution >= 4 is 23.5 Å². The van der Waals surface area contributed by atoms with Crippen LogP contribution in [-0.2, 0) is 22.6 Å². The Hall–Kier alpha value is -3.35. The van der Waals surface area contributed by atoms with E-state index in [1.165, 1.54) is 0 Å². The van der Waals surface area contributed by atoms with Crippen LogP contribution in [0.15, 0.2) is 54.6 Å². The van der Waals surface area contributed by atoms with Gasteiger partial charge in [-0.1, -0.05) is 48.5 Å². The van der Waals surface area contributed by atoms with Gasteiger partial charge in [0.25, 0.3) is 0 Å². The van der Waals surface area contributed by atoms with Crippen LogP contribution in [0.2, 0.25) is 0 Å². The Balaban J connectivity index is 1.87. The predicted octanol–water partition coefficient (Wildman–Crippen LogP) is 1.54. The van der Waals surface area contributed by atoms with Gasteiger partial charge in [0.2, 0.25) is 11.8 Å². The van der Waals surface area contributed by atoms with Gasteiger partial charge >= 0.3 is 6.03 Å². The number of primary amides is 1. The Labute approximate surface area is 152 Å². The van der Waals surface area contributed by atoms with E-state index in [9.17, 15) is 14.4 Å². The van der Waals surface area contributed by atoms with Gasteiger partial charge in [0.05, 0.1) is 6.42 Å². The maximum Gasteiger partial charge on any atom is 0.319 e. The summed E-state index contributed by atoms with van der Waals surface area (Å²) < 4.78 is 0. The first-order valence-corrected chi connectivity index (χ1v) is 8.21. The van der Waals surface area contributed by atoms with Crippen molar-refractivity contribution in [3.63, 3.8) is 0 Å². The van der Waals surface area contributed by atoms with Gasteiger partial charge in [-0.25, -0.2) is 4.79 Å². The number of carbonyl (C=O) groups excluding carboxylic acids is 3. The SMILES string of the molecule is CC(NC(=O)Nc1ccccc1CC(N)=O)C(=O)NCc1ccccc1. The minimum Gasteiger partial charge on any atom is -0.369 e. The fraction of sp³-hybridized carbons (Fsp3) is 0.211. The van der Waals surface area contributed by atoms with Crippen LogP contribution < -0.4 is 21.7 Å². The lowest BCUT2D eigenvalue weighted by Gasteiger charge is -2.16. The van der Waals surface area contributed by atoms with E-state index in [1.807, 2.05) is 30.3 Å². The third kappa shape index (κ3) is 5.94. The summed E-state index contributed by atoms with van der Waals surface area (Å²) in [5, 5.41) is 7.97. The molecule has 7 heteroatoms. The molecule has 0 aliphatic carbocycles. The lowest BCUT2D eigenvalue weighted by Crippen LogP contribution is -2.46. The van der Waals surface area contributed by atoms with E-state index in [0.717, 1.165) is 5.56 Å². The molecule has 0 bridgehead atoms. The third-order valence-corrected chi connectivity index (χ3v) is 3.68. The fourth-order valence-electron chi connectivity index (χ4n) is 2.34. The summed E-state index contributed by atoms with van der Waals surface area (Å²) in [6, 6.07) is 15.1. The Kier molecular flexibility index (Phi) is 6.73. The summed E-state index contributed by atoms with van der Waals surface area (Å²) in [5.74, 6) is -0.789. The molecule has 0 aliphatic heterocycles. The van der Waals surface area contributed by atoms with Gasteiger partial charge in [0.15, 0.2) is 0 Å². The van der Waals surface area contributed by atoms with Gasteiger partial charge in [-0.05, 0) is 24.1 Å². The fourth-order valence-corrected chi connectivity index (χ4v) is 2.34. The summed E-state index contributed by atoms with van der Waals surface area (Å²) in [6.45, 7) is 1.98. The van der Waals surface area contributed by atoms with Gasteiger partial charge in [0, 0.05) is 12.2 Å². The van der Waals surface area contributed by atoms with Gasteiger partial charge in [-0.15, -0.1) is 0 Å². The molecule has 1 atom stereocenters. The number of hydrogen-bond acceptors (Lipinski definition) is 3. The normalized spacial score (nSPS) is 11.3. The highest BCUT2D eigenvalue weighted by Crippen LogP contribution is 2.15. The first-order valence-electron chi connectivity index (χ1n) is 8.21. The molecule has 0 radical (unpaired) electrons. The Morgan fingerprint density at radius 1 is 1.00 bits per heavy atom.